The van der Waals surface area contributed by atoms with Crippen molar-refractivity contribution >= 4 is 54.6 Å². The molecule has 0 aliphatic carbocycles. The van der Waals surface area contributed by atoms with E-state index in [0.29, 0.717) is 5.56 Å². The van der Waals surface area contributed by atoms with Crippen LogP contribution in [0.2, 0.25) is 0 Å². The summed E-state index contributed by atoms with van der Waals surface area (Å²) in [5, 5.41) is 4.46. The highest BCUT2D eigenvalue weighted by Crippen LogP contribution is 2.42. The SMILES string of the molecule is [2H]c1c([2H])c([2H])c(-c2ccc(-n3c4ccccc4c4ccc5c6ccccc6n(-c6cccc(-c7cnc8ccccc8n7)c6)c5c43)cc2)c([2H])c1[2H]. The van der Waals surface area contributed by atoms with Crippen LogP contribution in [0.4, 0.5) is 0 Å². The van der Waals surface area contributed by atoms with Crippen LogP contribution in [-0.4, -0.2) is 19.1 Å². The molecule has 0 bridgehead atoms. The lowest BCUT2D eigenvalue weighted by Gasteiger charge is -2.14. The topological polar surface area (TPSA) is 35.6 Å². The van der Waals surface area contributed by atoms with Gasteiger partial charge in [0.15, 0.2) is 0 Å². The molecule has 3 heterocycles. The molecule has 0 saturated heterocycles. The van der Waals surface area contributed by atoms with Crippen LogP contribution in [0.3, 0.4) is 0 Å². The Labute approximate surface area is 283 Å². The van der Waals surface area contributed by atoms with Gasteiger partial charge >= 0.3 is 0 Å². The fraction of sp³-hybridized carbons (Fsp3) is 0. The van der Waals surface area contributed by atoms with Gasteiger partial charge in [-0.2, -0.15) is 0 Å². The van der Waals surface area contributed by atoms with Gasteiger partial charge in [-0.25, -0.2) is 4.98 Å². The number of hydrogen-bond donors (Lipinski definition) is 0. The maximum atomic E-state index is 8.55. The number of rotatable bonds is 4. The van der Waals surface area contributed by atoms with Gasteiger partial charge in [-0.3, -0.25) is 4.98 Å². The van der Waals surface area contributed by atoms with E-state index in [9.17, 15) is 0 Å². The van der Waals surface area contributed by atoms with Gasteiger partial charge in [0, 0.05) is 38.5 Å². The molecule has 224 valence electrons. The summed E-state index contributed by atoms with van der Waals surface area (Å²) in [5.74, 6) is 0. The molecular formula is C44H28N4. The van der Waals surface area contributed by atoms with Gasteiger partial charge in [-0.05, 0) is 59.7 Å². The third-order valence-corrected chi connectivity index (χ3v) is 9.23. The summed E-state index contributed by atoms with van der Waals surface area (Å²) in [7, 11) is 0. The van der Waals surface area contributed by atoms with E-state index in [-0.39, 0.29) is 29.7 Å². The minimum absolute atomic E-state index is 0.184. The summed E-state index contributed by atoms with van der Waals surface area (Å²) < 4.78 is 46.2. The van der Waals surface area contributed by atoms with Crippen molar-refractivity contribution in [3.8, 4) is 33.8 Å². The number of hydrogen-bond acceptors (Lipinski definition) is 2. The van der Waals surface area contributed by atoms with Crippen LogP contribution in [0.25, 0.3) is 88.4 Å². The molecule has 0 atom stereocenters. The number of fused-ring (bicyclic) bond motifs is 8. The predicted octanol–water partition coefficient (Wildman–Crippen LogP) is 11.2. The monoisotopic (exact) mass is 617 g/mol. The van der Waals surface area contributed by atoms with Crippen molar-refractivity contribution in [3.63, 3.8) is 0 Å². The second-order valence-electron chi connectivity index (χ2n) is 11.9. The standard InChI is InChI=1S/C44H28N4/c1-2-11-29(12-3-1)30-21-23-32(24-22-30)47-41-19-8-4-15-34(41)36-25-26-37-35-16-5-9-20-42(35)48(44(37)43(36)47)33-14-10-13-31(27-33)40-28-45-38-17-6-7-18-39(38)46-40/h1-28H/i1D,2D,3D,11D,12D. The van der Waals surface area contributed by atoms with Gasteiger partial charge in [0.05, 0.1) is 51.8 Å². The van der Waals surface area contributed by atoms with Crippen molar-refractivity contribution in [2.75, 3.05) is 0 Å². The summed E-state index contributed by atoms with van der Waals surface area (Å²) in [4.78, 5) is 9.64. The van der Waals surface area contributed by atoms with E-state index in [0.717, 1.165) is 77.3 Å². The van der Waals surface area contributed by atoms with Crippen molar-refractivity contribution in [3.05, 3.63) is 170 Å². The molecule has 0 fully saturated rings. The van der Waals surface area contributed by atoms with E-state index < -0.39 is 6.04 Å². The zero-order valence-corrected chi connectivity index (χ0v) is 25.6. The van der Waals surface area contributed by atoms with Gasteiger partial charge in [-0.15, -0.1) is 0 Å². The highest BCUT2D eigenvalue weighted by molar-refractivity contribution is 6.23. The minimum Gasteiger partial charge on any atom is -0.307 e. The first kappa shape index (κ1) is 22.1. The minimum atomic E-state index is -0.402. The van der Waals surface area contributed by atoms with E-state index in [1.165, 1.54) is 0 Å². The van der Waals surface area contributed by atoms with Crippen molar-refractivity contribution in [1.82, 2.24) is 19.1 Å². The van der Waals surface area contributed by atoms with Crippen LogP contribution in [0, 0.1) is 0 Å². The van der Waals surface area contributed by atoms with Crippen molar-refractivity contribution < 1.29 is 6.85 Å². The Morgan fingerprint density at radius 3 is 1.79 bits per heavy atom. The van der Waals surface area contributed by atoms with Crippen molar-refractivity contribution in [2.24, 2.45) is 0 Å². The molecule has 0 aliphatic heterocycles. The lowest BCUT2D eigenvalue weighted by Crippen LogP contribution is -1.99. The van der Waals surface area contributed by atoms with Crippen LogP contribution in [0.1, 0.15) is 6.85 Å². The van der Waals surface area contributed by atoms with E-state index in [1.54, 1.807) is 0 Å². The smallest absolute Gasteiger partial charge is 0.0894 e. The number of para-hydroxylation sites is 4. The quantitative estimate of drug-likeness (QED) is 0.197. The van der Waals surface area contributed by atoms with E-state index in [2.05, 4.69) is 93.0 Å². The highest BCUT2D eigenvalue weighted by Gasteiger charge is 2.21. The second-order valence-corrected chi connectivity index (χ2v) is 11.9. The molecule has 4 nitrogen and oxygen atoms in total. The zero-order chi connectivity index (χ0) is 36.0. The van der Waals surface area contributed by atoms with Crippen molar-refractivity contribution in [2.45, 2.75) is 0 Å². The number of nitrogens with zero attached hydrogens (tertiary/aromatic N) is 4. The first-order valence-electron chi connectivity index (χ1n) is 18.3. The van der Waals surface area contributed by atoms with Crippen molar-refractivity contribution in [1.29, 1.82) is 0 Å². The van der Waals surface area contributed by atoms with Gasteiger partial charge in [-0.1, -0.05) is 115 Å². The Morgan fingerprint density at radius 2 is 1.08 bits per heavy atom. The fourth-order valence-corrected chi connectivity index (χ4v) is 7.11. The summed E-state index contributed by atoms with van der Waals surface area (Å²) in [6, 6.07) is 43.7. The molecule has 10 rings (SSSR count). The molecule has 0 spiro atoms. The molecular weight excluding hydrogens is 585 g/mol. The molecule has 7 aromatic carbocycles. The number of aromatic nitrogens is 4. The molecule has 0 N–H and O–H groups in total. The Kier molecular flexibility index (Phi) is 4.84. The summed E-state index contributed by atoms with van der Waals surface area (Å²) in [5.41, 5.74) is 10.3. The van der Waals surface area contributed by atoms with Crippen LogP contribution < -0.4 is 0 Å². The Morgan fingerprint density at radius 1 is 0.458 bits per heavy atom. The van der Waals surface area contributed by atoms with E-state index in [1.807, 2.05) is 60.8 Å². The largest absolute Gasteiger partial charge is 0.307 e. The molecule has 3 aromatic heterocycles. The molecule has 48 heavy (non-hydrogen) atoms. The Hall–Kier alpha value is -6.52. The molecule has 0 saturated carbocycles. The van der Waals surface area contributed by atoms with Gasteiger partial charge < -0.3 is 9.13 Å². The molecule has 0 radical (unpaired) electrons. The molecule has 4 heteroatoms. The lowest BCUT2D eigenvalue weighted by molar-refractivity contribution is 1.15. The van der Waals surface area contributed by atoms with Crippen LogP contribution in [-0.2, 0) is 0 Å². The Balaban J connectivity index is 1.25. The molecule has 10 aromatic rings. The van der Waals surface area contributed by atoms with E-state index >= 15 is 0 Å². The lowest BCUT2D eigenvalue weighted by atomic mass is 10.1. The fourth-order valence-electron chi connectivity index (χ4n) is 7.11. The van der Waals surface area contributed by atoms with Crippen LogP contribution >= 0.6 is 0 Å². The maximum Gasteiger partial charge on any atom is 0.0894 e. The van der Waals surface area contributed by atoms with Crippen LogP contribution in [0.5, 0.6) is 0 Å². The third kappa shape index (κ3) is 4.03. The van der Waals surface area contributed by atoms with Gasteiger partial charge in [0.25, 0.3) is 0 Å². The van der Waals surface area contributed by atoms with Gasteiger partial charge in [0.1, 0.15) is 0 Å². The summed E-state index contributed by atoms with van der Waals surface area (Å²) in [6.07, 6.45) is 1.83. The third-order valence-electron chi connectivity index (χ3n) is 9.23. The Bertz CT molecular complexity index is 3100. The first-order valence-corrected chi connectivity index (χ1v) is 15.8. The average molecular weight is 618 g/mol. The normalized spacial score (nSPS) is 13.2. The molecule has 0 unspecified atom stereocenters. The molecule has 0 amide bonds. The van der Waals surface area contributed by atoms with Crippen LogP contribution in [0.15, 0.2) is 170 Å². The number of benzene rings is 7. The maximum absolute atomic E-state index is 8.55. The predicted molar refractivity (Wildman–Crippen MR) is 199 cm³/mol. The summed E-state index contributed by atoms with van der Waals surface area (Å²) in [6.45, 7) is 0. The van der Waals surface area contributed by atoms with E-state index in [4.69, 9.17) is 11.8 Å². The second kappa shape index (κ2) is 10.5. The summed E-state index contributed by atoms with van der Waals surface area (Å²) >= 11 is 0. The van der Waals surface area contributed by atoms with Gasteiger partial charge in [0.2, 0.25) is 0 Å². The first-order chi connectivity index (χ1) is 25.9. The highest BCUT2D eigenvalue weighted by atomic mass is 15.0. The average Bonchev–Trinajstić information content (AvgIpc) is 3.73. The zero-order valence-electron chi connectivity index (χ0n) is 30.6. The molecule has 0 aliphatic rings.